The molecule has 0 aliphatic heterocycles. The average Bonchev–Trinajstić information content (AvgIpc) is 2.37. The van der Waals surface area contributed by atoms with Crippen LogP contribution in [0.5, 0.6) is 0 Å². The van der Waals surface area contributed by atoms with Crippen LogP contribution in [-0.2, 0) is 0 Å². The highest BCUT2D eigenvalue weighted by Gasteiger charge is 1.98. The van der Waals surface area contributed by atoms with E-state index in [0.717, 1.165) is 0 Å². The quantitative estimate of drug-likeness (QED) is 0.578. The first-order chi connectivity index (χ1) is 4.34. The van der Waals surface area contributed by atoms with Crippen molar-refractivity contribution in [3.05, 3.63) is 18.5 Å². The SMILES string of the molecule is O=C(CS)n1cccn1. The molecular weight excluding hydrogens is 136 g/mol. The van der Waals surface area contributed by atoms with Crippen molar-refractivity contribution in [2.45, 2.75) is 0 Å². The Kier molecular flexibility index (Phi) is 1.89. The van der Waals surface area contributed by atoms with Crippen molar-refractivity contribution in [2.24, 2.45) is 0 Å². The number of hydrogen-bond donors (Lipinski definition) is 1. The molecule has 0 atom stereocenters. The lowest BCUT2D eigenvalue weighted by Gasteiger charge is -1.91. The summed E-state index contributed by atoms with van der Waals surface area (Å²) in [5.41, 5.74) is 0. The molecule has 0 aromatic carbocycles. The molecule has 1 rings (SSSR count). The van der Waals surface area contributed by atoms with Gasteiger partial charge in [0.25, 0.3) is 5.91 Å². The van der Waals surface area contributed by atoms with Gasteiger partial charge < -0.3 is 0 Å². The minimum atomic E-state index is -0.108. The zero-order valence-electron chi connectivity index (χ0n) is 4.69. The van der Waals surface area contributed by atoms with Gasteiger partial charge >= 0.3 is 0 Å². The Morgan fingerprint density at radius 2 is 2.56 bits per heavy atom. The maximum Gasteiger partial charge on any atom is 0.256 e. The van der Waals surface area contributed by atoms with Crippen molar-refractivity contribution in [3.8, 4) is 0 Å². The van der Waals surface area contributed by atoms with Crippen LogP contribution in [0.2, 0.25) is 0 Å². The summed E-state index contributed by atoms with van der Waals surface area (Å²) in [6.45, 7) is 0. The van der Waals surface area contributed by atoms with Crippen LogP contribution < -0.4 is 0 Å². The lowest BCUT2D eigenvalue weighted by molar-refractivity contribution is 0.0927. The summed E-state index contributed by atoms with van der Waals surface area (Å²) < 4.78 is 1.26. The van der Waals surface area contributed by atoms with Crippen LogP contribution in [0.3, 0.4) is 0 Å². The van der Waals surface area contributed by atoms with Crippen molar-refractivity contribution >= 4 is 18.5 Å². The Labute approximate surface area is 58.1 Å². The minimum absolute atomic E-state index is 0.108. The Morgan fingerprint density at radius 1 is 1.78 bits per heavy atom. The molecule has 1 heterocycles. The minimum Gasteiger partial charge on any atom is -0.272 e. The van der Waals surface area contributed by atoms with Crippen LogP contribution in [0, 0.1) is 0 Å². The molecule has 0 radical (unpaired) electrons. The van der Waals surface area contributed by atoms with E-state index in [1.807, 2.05) is 0 Å². The van der Waals surface area contributed by atoms with Gasteiger partial charge in [-0.3, -0.25) is 4.79 Å². The molecule has 0 aliphatic rings. The second-order valence-electron chi connectivity index (χ2n) is 1.50. The molecule has 0 saturated heterocycles. The first-order valence-corrected chi connectivity index (χ1v) is 3.11. The number of carbonyl (C=O) groups is 1. The molecule has 0 aliphatic carbocycles. The van der Waals surface area contributed by atoms with Gasteiger partial charge in [0.15, 0.2) is 0 Å². The fourth-order valence-corrected chi connectivity index (χ4v) is 0.634. The van der Waals surface area contributed by atoms with E-state index < -0.39 is 0 Å². The van der Waals surface area contributed by atoms with Gasteiger partial charge in [-0.1, -0.05) is 0 Å². The van der Waals surface area contributed by atoms with E-state index in [9.17, 15) is 4.79 Å². The molecule has 0 amide bonds. The van der Waals surface area contributed by atoms with Crippen molar-refractivity contribution < 1.29 is 4.79 Å². The van der Waals surface area contributed by atoms with E-state index in [-0.39, 0.29) is 11.7 Å². The van der Waals surface area contributed by atoms with Crippen LogP contribution in [0.1, 0.15) is 4.79 Å². The third-order valence-electron chi connectivity index (χ3n) is 0.895. The van der Waals surface area contributed by atoms with Gasteiger partial charge in [-0.2, -0.15) is 17.7 Å². The Bertz CT molecular complexity index is 195. The van der Waals surface area contributed by atoms with Crippen LogP contribution in [0.4, 0.5) is 0 Å². The molecule has 1 aromatic heterocycles. The van der Waals surface area contributed by atoms with Crippen LogP contribution in [-0.4, -0.2) is 21.4 Å². The first kappa shape index (κ1) is 6.35. The molecule has 0 bridgehead atoms. The van der Waals surface area contributed by atoms with Gasteiger partial charge in [-0.05, 0) is 6.07 Å². The number of rotatable bonds is 1. The van der Waals surface area contributed by atoms with Crippen LogP contribution in [0.25, 0.3) is 0 Å². The van der Waals surface area contributed by atoms with Gasteiger partial charge in [-0.25, -0.2) is 4.68 Å². The molecule has 1 aromatic rings. The maximum absolute atomic E-state index is 10.7. The number of carbonyl (C=O) groups excluding carboxylic acids is 1. The highest BCUT2D eigenvalue weighted by atomic mass is 32.1. The van der Waals surface area contributed by atoms with E-state index in [4.69, 9.17) is 0 Å². The van der Waals surface area contributed by atoms with Crippen molar-refractivity contribution in [1.29, 1.82) is 0 Å². The summed E-state index contributed by atoms with van der Waals surface area (Å²) in [6.07, 6.45) is 3.15. The van der Waals surface area contributed by atoms with E-state index in [2.05, 4.69) is 17.7 Å². The summed E-state index contributed by atoms with van der Waals surface area (Å²) in [4.78, 5) is 10.7. The second kappa shape index (κ2) is 2.68. The van der Waals surface area contributed by atoms with Crippen LogP contribution >= 0.6 is 12.6 Å². The van der Waals surface area contributed by atoms with E-state index >= 15 is 0 Å². The molecule has 48 valence electrons. The van der Waals surface area contributed by atoms with Gasteiger partial charge in [0.1, 0.15) is 0 Å². The van der Waals surface area contributed by atoms with Crippen LogP contribution in [0.15, 0.2) is 18.5 Å². The third-order valence-corrected chi connectivity index (χ3v) is 1.17. The smallest absolute Gasteiger partial charge is 0.256 e. The average molecular weight is 142 g/mol. The Balaban J connectivity index is 2.77. The monoisotopic (exact) mass is 142 g/mol. The molecule has 3 nitrogen and oxygen atoms in total. The summed E-state index contributed by atoms with van der Waals surface area (Å²) >= 11 is 3.79. The molecule has 0 N–H and O–H groups in total. The predicted octanol–water partition coefficient (Wildman–Crippen LogP) is 0.453. The summed E-state index contributed by atoms with van der Waals surface area (Å²) in [6, 6.07) is 1.70. The number of thiol groups is 1. The van der Waals surface area contributed by atoms with Gasteiger partial charge in [-0.15, -0.1) is 0 Å². The number of hydrogen-bond acceptors (Lipinski definition) is 3. The molecule has 0 spiro atoms. The van der Waals surface area contributed by atoms with Gasteiger partial charge in [0, 0.05) is 12.4 Å². The zero-order chi connectivity index (χ0) is 6.69. The van der Waals surface area contributed by atoms with Crippen molar-refractivity contribution in [3.63, 3.8) is 0 Å². The topological polar surface area (TPSA) is 34.9 Å². The van der Waals surface area contributed by atoms with Crippen molar-refractivity contribution in [1.82, 2.24) is 9.78 Å². The zero-order valence-corrected chi connectivity index (χ0v) is 5.58. The fraction of sp³-hybridized carbons (Fsp3) is 0.200. The Morgan fingerprint density at radius 3 is 3.00 bits per heavy atom. The summed E-state index contributed by atoms with van der Waals surface area (Å²) in [5.74, 6) is 0.0881. The Hall–Kier alpha value is -0.770. The largest absolute Gasteiger partial charge is 0.272 e. The predicted molar refractivity (Wildman–Crippen MR) is 36.7 cm³/mol. The standard InChI is InChI=1S/C5H6N2OS/c8-5(4-9)7-3-1-2-6-7/h1-3,9H,4H2. The van der Waals surface area contributed by atoms with Crippen molar-refractivity contribution in [2.75, 3.05) is 5.75 Å². The highest BCUT2D eigenvalue weighted by Crippen LogP contribution is 1.85. The maximum atomic E-state index is 10.7. The fourth-order valence-electron chi connectivity index (χ4n) is 0.489. The van der Waals surface area contributed by atoms with E-state index in [1.54, 1.807) is 18.5 Å². The summed E-state index contributed by atoms with van der Waals surface area (Å²) in [5, 5.41) is 3.71. The van der Waals surface area contributed by atoms with Gasteiger partial charge in [0.2, 0.25) is 0 Å². The number of nitrogens with zero attached hydrogens (tertiary/aromatic N) is 2. The lowest BCUT2D eigenvalue weighted by Crippen LogP contribution is -2.11. The molecule has 4 heteroatoms. The third kappa shape index (κ3) is 1.32. The molecule has 9 heavy (non-hydrogen) atoms. The molecule has 0 unspecified atom stereocenters. The molecule has 0 saturated carbocycles. The second-order valence-corrected chi connectivity index (χ2v) is 1.82. The lowest BCUT2D eigenvalue weighted by atomic mass is 10.7. The summed E-state index contributed by atoms with van der Waals surface area (Å²) in [7, 11) is 0. The molecule has 0 fully saturated rings. The normalized spacial score (nSPS) is 9.44. The first-order valence-electron chi connectivity index (χ1n) is 2.48. The highest BCUT2D eigenvalue weighted by molar-refractivity contribution is 7.81. The van der Waals surface area contributed by atoms with E-state index in [1.165, 1.54) is 4.68 Å². The van der Waals surface area contributed by atoms with E-state index in [0.29, 0.717) is 0 Å². The number of aromatic nitrogens is 2. The molecular formula is C5H6N2OS. The van der Waals surface area contributed by atoms with Gasteiger partial charge in [0.05, 0.1) is 5.75 Å².